The van der Waals surface area contributed by atoms with Crippen LogP contribution in [0.5, 0.6) is 0 Å². The first kappa shape index (κ1) is 10.8. The number of fused-ring (bicyclic) bond motifs is 3. The highest BCUT2D eigenvalue weighted by atomic mass is 16.2. The van der Waals surface area contributed by atoms with E-state index in [0.29, 0.717) is 12.2 Å². The average Bonchev–Trinajstić information content (AvgIpc) is 2.69. The van der Waals surface area contributed by atoms with Crippen LogP contribution in [-0.4, -0.2) is 13.5 Å². The Balaban J connectivity index is 2.74. The molecule has 0 atom stereocenters. The molecule has 5 nitrogen and oxygen atoms in total. The summed E-state index contributed by atoms with van der Waals surface area (Å²) in [6.07, 6.45) is 0. The second-order valence-electron chi connectivity index (χ2n) is 4.25. The molecule has 0 radical (unpaired) electrons. The van der Waals surface area contributed by atoms with Crippen molar-refractivity contribution in [2.24, 2.45) is 7.05 Å². The van der Waals surface area contributed by atoms with Gasteiger partial charge in [0.05, 0.1) is 11.0 Å². The molecule has 0 aliphatic heterocycles. The van der Waals surface area contributed by atoms with E-state index in [4.69, 9.17) is 0 Å². The number of nitrogens with zero attached hydrogens (tertiary/aromatic N) is 3. The van der Waals surface area contributed by atoms with Crippen molar-refractivity contribution in [3.63, 3.8) is 0 Å². The zero-order valence-corrected chi connectivity index (χ0v) is 10.3. The monoisotopic (exact) mass is 243 g/mol. The molecule has 3 rings (SSSR count). The summed E-state index contributed by atoms with van der Waals surface area (Å²) in [5.74, 6) is 0. The average molecular weight is 243 g/mol. The number of aromatic nitrogens is 3. The molecule has 0 saturated heterocycles. The van der Waals surface area contributed by atoms with Crippen LogP contribution in [0.15, 0.2) is 39.9 Å². The molecule has 0 amide bonds. The molecule has 0 saturated carbocycles. The number of para-hydroxylation sites is 2. The van der Waals surface area contributed by atoms with Crippen LogP contribution >= 0.6 is 0 Å². The van der Waals surface area contributed by atoms with Crippen molar-refractivity contribution in [1.29, 1.82) is 0 Å². The summed E-state index contributed by atoms with van der Waals surface area (Å²) in [5.41, 5.74) is 1.85. The Hall–Kier alpha value is -2.30. The van der Waals surface area contributed by atoms with Crippen LogP contribution < -0.4 is 11.2 Å². The fraction of sp³-hybridized carbons (Fsp3) is 0.231. The maximum Gasteiger partial charge on any atom is 0.337 e. The van der Waals surface area contributed by atoms with Crippen LogP contribution in [0.2, 0.25) is 0 Å². The van der Waals surface area contributed by atoms with Gasteiger partial charge in [-0.1, -0.05) is 12.1 Å². The Kier molecular flexibility index (Phi) is 2.16. The minimum absolute atomic E-state index is 0.280. The first-order chi connectivity index (χ1) is 8.65. The highest BCUT2D eigenvalue weighted by molar-refractivity contribution is 5.81. The molecule has 18 heavy (non-hydrogen) atoms. The smallest absolute Gasteiger partial charge is 0.326 e. The Labute approximate surface area is 103 Å². The predicted octanol–water partition coefficient (Wildman–Crippen LogP) is 0.973. The van der Waals surface area contributed by atoms with Gasteiger partial charge in [-0.05, 0) is 19.1 Å². The van der Waals surface area contributed by atoms with Gasteiger partial charge in [0.15, 0.2) is 0 Å². The van der Waals surface area contributed by atoms with Gasteiger partial charge in [0, 0.05) is 19.7 Å². The molecule has 0 N–H and O–H groups in total. The Morgan fingerprint density at radius 1 is 1.11 bits per heavy atom. The number of benzene rings is 1. The largest absolute Gasteiger partial charge is 0.337 e. The zero-order chi connectivity index (χ0) is 12.9. The number of aryl methyl sites for hydroxylation is 1. The van der Waals surface area contributed by atoms with Crippen LogP contribution in [0, 0.1) is 0 Å². The molecular weight excluding hydrogens is 230 g/mol. The highest BCUT2D eigenvalue weighted by Crippen LogP contribution is 2.17. The third-order valence-electron chi connectivity index (χ3n) is 3.30. The molecule has 3 aromatic rings. The van der Waals surface area contributed by atoms with Crippen LogP contribution in [0.1, 0.15) is 6.92 Å². The van der Waals surface area contributed by atoms with E-state index in [0.717, 1.165) is 15.6 Å². The van der Waals surface area contributed by atoms with E-state index in [2.05, 4.69) is 0 Å². The van der Waals surface area contributed by atoms with Crippen molar-refractivity contribution in [2.45, 2.75) is 13.5 Å². The lowest BCUT2D eigenvalue weighted by Gasteiger charge is -2.02. The summed E-state index contributed by atoms with van der Waals surface area (Å²) < 4.78 is 4.68. The molecule has 0 aliphatic rings. The van der Waals surface area contributed by atoms with E-state index in [-0.39, 0.29) is 11.2 Å². The fourth-order valence-corrected chi connectivity index (χ4v) is 2.38. The number of rotatable bonds is 1. The number of imidazole rings is 1. The number of hydrogen-bond acceptors (Lipinski definition) is 2. The van der Waals surface area contributed by atoms with Crippen molar-refractivity contribution in [3.05, 3.63) is 51.2 Å². The van der Waals surface area contributed by atoms with E-state index < -0.39 is 0 Å². The van der Waals surface area contributed by atoms with E-state index in [1.165, 1.54) is 13.1 Å². The first-order valence-corrected chi connectivity index (χ1v) is 5.85. The summed E-state index contributed by atoms with van der Waals surface area (Å²) in [4.78, 5) is 23.9. The fourth-order valence-electron chi connectivity index (χ4n) is 2.38. The summed E-state index contributed by atoms with van der Waals surface area (Å²) in [6, 6.07) is 9.16. The Bertz CT molecular complexity index is 867. The van der Waals surface area contributed by atoms with Crippen molar-refractivity contribution in [2.75, 3.05) is 0 Å². The maximum atomic E-state index is 12.2. The lowest BCUT2D eigenvalue weighted by atomic mass is 10.3. The van der Waals surface area contributed by atoms with E-state index >= 15 is 0 Å². The van der Waals surface area contributed by atoms with E-state index in [1.54, 1.807) is 4.40 Å². The zero-order valence-electron chi connectivity index (χ0n) is 10.3. The summed E-state index contributed by atoms with van der Waals surface area (Å²) >= 11 is 0. The molecule has 2 aromatic heterocycles. The Morgan fingerprint density at radius 3 is 2.44 bits per heavy atom. The molecule has 0 fully saturated rings. The van der Waals surface area contributed by atoms with Crippen molar-refractivity contribution in [1.82, 2.24) is 13.5 Å². The first-order valence-electron chi connectivity index (χ1n) is 5.85. The molecule has 92 valence electrons. The summed E-state index contributed by atoms with van der Waals surface area (Å²) in [5, 5.41) is 0. The molecule has 1 aromatic carbocycles. The van der Waals surface area contributed by atoms with Gasteiger partial charge in [-0.3, -0.25) is 9.36 Å². The highest BCUT2D eigenvalue weighted by Gasteiger charge is 2.12. The van der Waals surface area contributed by atoms with Gasteiger partial charge in [-0.15, -0.1) is 0 Å². The van der Waals surface area contributed by atoms with Crippen LogP contribution in [0.4, 0.5) is 0 Å². The Morgan fingerprint density at radius 2 is 1.78 bits per heavy atom. The van der Waals surface area contributed by atoms with Crippen LogP contribution in [0.3, 0.4) is 0 Å². The van der Waals surface area contributed by atoms with Gasteiger partial charge in [-0.2, -0.15) is 0 Å². The lowest BCUT2D eigenvalue weighted by molar-refractivity contribution is 0.745. The molecule has 0 aliphatic carbocycles. The second-order valence-corrected chi connectivity index (χ2v) is 4.25. The van der Waals surface area contributed by atoms with Crippen molar-refractivity contribution >= 4 is 16.7 Å². The van der Waals surface area contributed by atoms with Crippen LogP contribution in [-0.2, 0) is 13.6 Å². The minimum Gasteiger partial charge on any atom is -0.326 e. The van der Waals surface area contributed by atoms with Gasteiger partial charge < -0.3 is 4.57 Å². The lowest BCUT2D eigenvalue weighted by Crippen LogP contribution is -2.34. The van der Waals surface area contributed by atoms with Gasteiger partial charge in [0.1, 0.15) is 5.65 Å². The molecule has 5 heteroatoms. The second kappa shape index (κ2) is 3.60. The SMILES string of the molecule is CCn1c2ccccc2n2c(=O)n(C)c(=O)cc12. The standard InChI is InChI=1S/C13H13N3O2/c1-3-15-9-6-4-5-7-10(9)16-11(15)8-12(17)14(2)13(16)18/h4-8H,3H2,1-2H3. The molecule has 0 bridgehead atoms. The molecule has 2 heterocycles. The van der Waals surface area contributed by atoms with E-state index in [1.807, 2.05) is 35.8 Å². The summed E-state index contributed by atoms with van der Waals surface area (Å²) in [7, 11) is 1.50. The van der Waals surface area contributed by atoms with Gasteiger partial charge in [0.2, 0.25) is 0 Å². The van der Waals surface area contributed by atoms with Crippen molar-refractivity contribution in [3.8, 4) is 0 Å². The van der Waals surface area contributed by atoms with Crippen LogP contribution in [0.25, 0.3) is 16.7 Å². The van der Waals surface area contributed by atoms with Gasteiger partial charge in [-0.25, -0.2) is 9.20 Å². The molecular formula is C13H13N3O2. The van der Waals surface area contributed by atoms with Gasteiger partial charge in [0.25, 0.3) is 5.56 Å². The van der Waals surface area contributed by atoms with Gasteiger partial charge >= 0.3 is 5.69 Å². The normalized spacial score (nSPS) is 11.4. The molecule has 0 unspecified atom stereocenters. The molecule has 0 spiro atoms. The summed E-state index contributed by atoms with van der Waals surface area (Å²) in [6.45, 7) is 2.71. The minimum atomic E-state index is -0.305. The topological polar surface area (TPSA) is 48.4 Å². The quantitative estimate of drug-likeness (QED) is 0.639. The third kappa shape index (κ3) is 1.21. The predicted molar refractivity (Wildman–Crippen MR) is 70.1 cm³/mol. The van der Waals surface area contributed by atoms with Crippen molar-refractivity contribution < 1.29 is 0 Å². The third-order valence-corrected chi connectivity index (χ3v) is 3.30. The van der Waals surface area contributed by atoms with E-state index in [9.17, 15) is 9.59 Å². The maximum absolute atomic E-state index is 12.2. The number of hydrogen-bond donors (Lipinski definition) is 0.